The summed E-state index contributed by atoms with van der Waals surface area (Å²) in [7, 11) is 0. The van der Waals surface area contributed by atoms with Gasteiger partial charge in [-0.1, -0.05) is 48.5 Å². The Labute approximate surface area is 151 Å². The summed E-state index contributed by atoms with van der Waals surface area (Å²) in [5.41, 5.74) is 5.81. The number of hydrogen-bond donors (Lipinski definition) is 0. The van der Waals surface area contributed by atoms with Crippen LogP contribution in [0.25, 0.3) is 44.5 Å². The Morgan fingerprint density at radius 2 is 1.31 bits per heavy atom. The highest BCUT2D eigenvalue weighted by molar-refractivity contribution is 6.06. The Morgan fingerprint density at radius 1 is 0.615 bits per heavy atom. The molecule has 0 bridgehead atoms. The molecule has 0 aliphatic heterocycles. The summed E-state index contributed by atoms with van der Waals surface area (Å²) < 4.78 is 5.93. The number of furan rings is 1. The van der Waals surface area contributed by atoms with Gasteiger partial charge in [-0.25, -0.2) is 9.97 Å². The first-order chi connectivity index (χ1) is 12.8. The molecule has 3 heteroatoms. The number of fused-ring (bicyclic) bond motifs is 3. The molecular weight excluding hydrogens is 320 g/mol. The van der Waals surface area contributed by atoms with Crippen LogP contribution in [-0.2, 0) is 0 Å². The fraction of sp³-hybridized carbons (Fsp3) is 0.0435. The van der Waals surface area contributed by atoms with Gasteiger partial charge in [0.05, 0.1) is 11.4 Å². The molecule has 3 nitrogen and oxygen atoms in total. The molecule has 124 valence electrons. The maximum absolute atomic E-state index is 5.93. The Bertz CT molecular complexity index is 1240. The highest BCUT2D eigenvalue weighted by atomic mass is 16.3. The predicted molar refractivity (Wildman–Crippen MR) is 105 cm³/mol. The zero-order chi connectivity index (χ0) is 17.5. The van der Waals surface area contributed by atoms with Gasteiger partial charge in [0, 0.05) is 21.9 Å². The normalized spacial score (nSPS) is 11.3. The number of para-hydroxylation sites is 1. The van der Waals surface area contributed by atoms with E-state index in [1.54, 1.807) is 0 Å². The van der Waals surface area contributed by atoms with E-state index < -0.39 is 0 Å². The molecule has 0 saturated heterocycles. The van der Waals surface area contributed by atoms with Crippen molar-refractivity contribution in [3.8, 4) is 22.5 Å². The van der Waals surface area contributed by atoms with Crippen LogP contribution in [0, 0.1) is 6.92 Å². The van der Waals surface area contributed by atoms with Crippen molar-refractivity contribution < 1.29 is 4.42 Å². The van der Waals surface area contributed by atoms with Crippen LogP contribution in [0.5, 0.6) is 0 Å². The zero-order valence-electron chi connectivity index (χ0n) is 14.3. The molecule has 2 aromatic heterocycles. The van der Waals surface area contributed by atoms with Crippen LogP contribution in [0.1, 0.15) is 5.82 Å². The highest BCUT2D eigenvalue weighted by Crippen LogP contribution is 2.32. The number of hydrogen-bond acceptors (Lipinski definition) is 3. The van der Waals surface area contributed by atoms with Crippen molar-refractivity contribution in [1.29, 1.82) is 0 Å². The lowest BCUT2D eigenvalue weighted by atomic mass is 10.0. The van der Waals surface area contributed by atoms with Gasteiger partial charge in [0.25, 0.3) is 0 Å². The third-order valence-corrected chi connectivity index (χ3v) is 4.58. The molecule has 0 saturated carbocycles. The standard InChI is InChI=1S/C23H16N2O/c1-15-24-20(16-7-3-2-4-8-16)14-21(25-15)17-11-12-23-19(13-17)18-9-5-6-10-22(18)26-23/h2-14H,1H3. The topological polar surface area (TPSA) is 38.9 Å². The maximum Gasteiger partial charge on any atom is 0.135 e. The summed E-state index contributed by atoms with van der Waals surface area (Å²) in [6.45, 7) is 1.93. The van der Waals surface area contributed by atoms with Crippen molar-refractivity contribution >= 4 is 21.9 Å². The summed E-state index contributed by atoms with van der Waals surface area (Å²) in [6, 6.07) is 26.6. The van der Waals surface area contributed by atoms with Gasteiger partial charge < -0.3 is 4.42 Å². The van der Waals surface area contributed by atoms with Crippen molar-refractivity contribution in [3.05, 3.63) is 84.7 Å². The number of aromatic nitrogens is 2. The molecule has 5 rings (SSSR count). The molecule has 0 aliphatic carbocycles. The Morgan fingerprint density at radius 3 is 2.15 bits per heavy atom. The van der Waals surface area contributed by atoms with Gasteiger partial charge in [-0.05, 0) is 37.3 Å². The Kier molecular flexibility index (Phi) is 3.32. The largest absolute Gasteiger partial charge is 0.456 e. The van der Waals surface area contributed by atoms with E-state index in [1.165, 1.54) is 0 Å². The molecular formula is C23H16N2O. The first-order valence-corrected chi connectivity index (χ1v) is 8.61. The van der Waals surface area contributed by atoms with E-state index in [0.717, 1.165) is 50.3 Å². The van der Waals surface area contributed by atoms with E-state index in [0.29, 0.717) is 0 Å². The molecule has 26 heavy (non-hydrogen) atoms. The van der Waals surface area contributed by atoms with Gasteiger partial charge in [0.1, 0.15) is 17.0 Å². The van der Waals surface area contributed by atoms with Gasteiger partial charge in [-0.3, -0.25) is 0 Å². The van der Waals surface area contributed by atoms with Crippen molar-refractivity contribution in [3.63, 3.8) is 0 Å². The maximum atomic E-state index is 5.93. The average Bonchev–Trinajstić information content (AvgIpc) is 3.06. The lowest BCUT2D eigenvalue weighted by molar-refractivity contribution is 0.669. The van der Waals surface area contributed by atoms with E-state index in [1.807, 2.05) is 55.5 Å². The first-order valence-electron chi connectivity index (χ1n) is 8.61. The van der Waals surface area contributed by atoms with Crippen molar-refractivity contribution in [2.24, 2.45) is 0 Å². The molecule has 5 aromatic rings. The number of benzene rings is 3. The quantitative estimate of drug-likeness (QED) is 0.396. The van der Waals surface area contributed by atoms with Gasteiger partial charge in [0.2, 0.25) is 0 Å². The van der Waals surface area contributed by atoms with E-state index >= 15 is 0 Å². The van der Waals surface area contributed by atoms with E-state index in [4.69, 9.17) is 4.42 Å². The lowest BCUT2D eigenvalue weighted by Crippen LogP contribution is -1.94. The summed E-state index contributed by atoms with van der Waals surface area (Å²) in [4.78, 5) is 9.26. The average molecular weight is 336 g/mol. The number of aryl methyl sites for hydroxylation is 1. The van der Waals surface area contributed by atoms with Crippen LogP contribution in [-0.4, -0.2) is 9.97 Å². The minimum atomic E-state index is 0.763. The molecule has 0 radical (unpaired) electrons. The highest BCUT2D eigenvalue weighted by Gasteiger charge is 2.10. The molecule has 0 amide bonds. The SMILES string of the molecule is Cc1nc(-c2ccccc2)cc(-c2ccc3oc4ccccc4c3c2)n1. The number of nitrogens with zero attached hydrogens (tertiary/aromatic N) is 2. The fourth-order valence-electron chi connectivity index (χ4n) is 3.36. The van der Waals surface area contributed by atoms with E-state index in [-0.39, 0.29) is 0 Å². The van der Waals surface area contributed by atoms with Crippen molar-refractivity contribution in [2.75, 3.05) is 0 Å². The molecule has 0 N–H and O–H groups in total. The van der Waals surface area contributed by atoms with E-state index in [2.05, 4.69) is 40.3 Å². The van der Waals surface area contributed by atoms with Crippen LogP contribution in [0.15, 0.2) is 83.3 Å². The van der Waals surface area contributed by atoms with Crippen LogP contribution in [0.3, 0.4) is 0 Å². The van der Waals surface area contributed by atoms with Crippen LogP contribution < -0.4 is 0 Å². The second kappa shape index (κ2) is 5.81. The zero-order valence-corrected chi connectivity index (χ0v) is 14.3. The fourth-order valence-corrected chi connectivity index (χ4v) is 3.36. The Hall–Kier alpha value is -3.46. The molecule has 0 aliphatic rings. The van der Waals surface area contributed by atoms with E-state index in [9.17, 15) is 0 Å². The summed E-state index contributed by atoms with van der Waals surface area (Å²) >= 11 is 0. The summed E-state index contributed by atoms with van der Waals surface area (Å²) in [6.07, 6.45) is 0. The van der Waals surface area contributed by atoms with Gasteiger partial charge in [0.15, 0.2) is 0 Å². The van der Waals surface area contributed by atoms with Crippen molar-refractivity contribution in [1.82, 2.24) is 9.97 Å². The van der Waals surface area contributed by atoms with Gasteiger partial charge >= 0.3 is 0 Å². The molecule has 0 spiro atoms. The minimum absolute atomic E-state index is 0.763. The molecule has 3 aromatic carbocycles. The van der Waals surface area contributed by atoms with Crippen LogP contribution >= 0.6 is 0 Å². The van der Waals surface area contributed by atoms with Crippen molar-refractivity contribution in [2.45, 2.75) is 6.92 Å². The predicted octanol–water partition coefficient (Wildman–Crippen LogP) is 6.02. The first kappa shape index (κ1) is 14.8. The van der Waals surface area contributed by atoms with Gasteiger partial charge in [-0.2, -0.15) is 0 Å². The molecule has 0 unspecified atom stereocenters. The second-order valence-electron chi connectivity index (χ2n) is 6.36. The third kappa shape index (κ3) is 2.45. The second-order valence-corrected chi connectivity index (χ2v) is 6.36. The van der Waals surface area contributed by atoms with Gasteiger partial charge in [-0.15, -0.1) is 0 Å². The minimum Gasteiger partial charge on any atom is -0.456 e. The Balaban J connectivity index is 1.70. The summed E-state index contributed by atoms with van der Waals surface area (Å²) in [5, 5.41) is 2.23. The van der Waals surface area contributed by atoms with Crippen LogP contribution in [0.2, 0.25) is 0 Å². The smallest absolute Gasteiger partial charge is 0.135 e. The monoisotopic (exact) mass is 336 g/mol. The molecule has 0 atom stereocenters. The lowest BCUT2D eigenvalue weighted by Gasteiger charge is -2.07. The molecule has 0 fully saturated rings. The number of rotatable bonds is 2. The summed E-state index contributed by atoms with van der Waals surface area (Å²) in [5.74, 6) is 0.763. The third-order valence-electron chi connectivity index (χ3n) is 4.58. The van der Waals surface area contributed by atoms with Crippen LogP contribution in [0.4, 0.5) is 0 Å². The molecule has 2 heterocycles.